The molecule has 0 aliphatic rings. The zero-order valence-electron chi connectivity index (χ0n) is 11.6. The highest BCUT2D eigenvalue weighted by Crippen LogP contribution is 2.15. The summed E-state index contributed by atoms with van der Waals surface area (Å²) in [5.41, 5.74) is 5.55. The third kappa shape index (κ3) is 7.12. The van der Waals surface area contributed by atoms with Crippen LogP contribution in [-0.2, 0) is 13.3 Å². The lowest BCUT2D eigenvalue weighted by Crippen LogP contribution is -2.49. The van der Waals surface area contributed by atoms with E-state index >= 15 is 0 Å². The molecular weight excluding hydrogens is 236 g/mol. The topological polar surface area (TPSA) is 65.7 Å². The Bertz CT molecular complexity index is 167. The van der Waals surface area contributed by atoms with E-state index in [0.717, 1.165) is 12.6 Å². The van der Waals surface area contributed by atoms with Gasteiger partial charge in [-0.1, -0.05) is 0 Å². The zero-order valence-corrected chi connectivity index (χ0v) is 12.6. The lowest BCUT2D eigenvalue weighted by atomic mass is 10.3. The molecule has 0 saturated carbocycles. The maximum absolute atomic E-state index is 5.75. The van der Waals surface area contributed by atoms with Gasteiger partial charge in [0, 0.05) is 38.5 Å². The molecule has 0 aromatic carbocycles. The Morgan fingerprint density at radius 3 is 1.88 bits per heavy atom. The van der Waals surface area contributed by atoms with E-state index in [1.165, 1.54) is 0 Å². The van der Waals surface area contributed by atoms with Gasteiger partial charge in [0.15, 0.2) is 0 Å². The van der Waals surface area contributed by atoms with Gasteiger partial charge in [0.25, 0.3) is 0 Å². The molecule has 0 rings (SSSR count). The van der Waals surface area contributed by atoms with Crippen molar-refractivity contribution >= 4 is 8.80 Å². The molecule has 0 heterocycles. The van der Waals surface area contributed by atoms with Crippen molar-refractivity contribution in [1.29, 1.82) is 0 Å². The van der Waals surface area contributed by atoms with Crippen molar-refractivity contribution < 1.29 is 13.3 Å². The lowest BCUT2D eigenvalue weighted by molar-refractivity contribution is 0.0712. The number of hydrogen-bond acceptors (Lipinski definition) is 5. The van der Waals surface area contributed by atoms with Gasteiger partial charge in [-0.3, -0.25) is 0 Å². The molecule has 17 heavy (non-hydrogen) atoms. The third-order valence-electron chi connectivity index (χ3n) is 2.37. The summed E-state index contributed by atoms with van der Waals surface area (Å²) < 4.78 is 17.2. The Kier molecular flexibility index (Phi) is 10.00. The highest BCUT2D eigenvalue weighted by molar-refractivity contribution is 6.60. The Morgan fingerprint density at radius 2 is 1.53 bits per heavy atom. The predicted molar refractivity (Wildman–Crippen MR) is 72.0 cm³/mol. The minimum absolute atomic E-state index is 0.312. The molecule has 6 heteroatoms. The van der Waals surface area contributed by atoms with E-state index in [0.29, 0.717) is 32.4 Å². The lowest BCUT2D eigenvalue weighted by Gasteiger charge is -2.28. The molecule has 3 N–H and O–H groups in total. The molecule has 0 aliphatic carbocycles. The van der Waals surface area contributed by atoms with Crippen LogP contribution in [0.3, 0.4) is 0 Å². The Labute approximate surface area is 106 Å². The largest absolute Gasteiger partial charge is 0.502 e. The van der Waals surface area contributed by atoms with E-state index in [1.807, 2.05) is 20.8 Å². The van der Waals surface area contributed by atoms with Crippen molar-refractivity contribution in [2.24, 2.45) is 5.73 Å². The zero-order chi connectivity index (χ0) is 13.1. The summed E-state index contributed by atoms with van der Waals surface area (Å²) in [7, 11) is -2.48. The van der Waals surface area contributed by atoms with E-state index in [2.05, 4.69) is 12.2 Å². The van der Waals surface area contributed by atoms with Crippen LogP contribution in [0.5, 0.6) is 0 Å². The molecule has 1 unspecified atom stereocenters. The Hall–Kier alpha value is 0.0169. The van der Waals surface area contributed by atoms with E-state index in [1.54, 1.807) is 0 Å². The fourth-order valence-corrected chi connectivity index (χ4v) is 4.01. The van der Waals surface area contributed by atoms with Crippen molar-refractivity contribution in [2.75, 3.05) is 32.9 Å². The van der Waals surface area contributed by atoms with Gasteiger partial charge >= 0.3 is 8.80 Å². The number of rotatable bonds is 11. The maximum atomic E-state index is 5.75. The number of nitrogens with one attached hydrogen (secondary N) is 1. The molecule has 0 aromatic rings. The van der Waals surface area contributed by atoms with Crippen LogP contribution in [0.1, 0.15) is 27.7 Å². The van der Waals surface area contributed by atoms with Crippen LogP contribution in [0.2, 0.25) is 6.04 Å². The summed E-state index contributed by atoms with van der Waals surface area (Å²) in [6.07, 6.45) is 0. The van der Waals surface area contributed by atoms with E-state index in [4.69, 9.17) is 19.0 Å². The SMILES string of the molecule is CCO[Si](CCNC(C)CN)(OCC)OCC. The summed E-state index contributed by atoms with van der Waals surface area (Å²) in [6, 6.07) is 1.10. The van der Waals surface area contributed by atoms with Gasteiger partial charge in [-0.05, 0) is 34.2 Å². The van der Waals surface area contributed by atoms with Crippen LogP contribution in [0.4, 0.5) is 0 Å². The molecule has 0 aliphatic heterocycles. The first-order chi connectivity index (χ1) is 8.14. The second-order valence-electron chi connectivity index (χ2n) is 3.82. The van der Waals surface area contributed by atoms with Crippen LogP contribution in [0.15, 0.2) is 0 Å². The average molecular weight is 264 g/mol. The van der Waals surface area contributed by atoms with Crippen molar-refractivity contribution in [3.05, 3.63) is 0 Å². The third-order valence-corrected chi connectivity index (χ3v) is 5.42. The first-order valence-corrected chi connectivity index (χ1v) is 8.42. The highest BCUT2D eigenvalue weighted by atomic mass is 28.4. The summed E-state index contributed by atoms with van der Waals surface area (Å²) >= 11 is 0. The van der Waals surface area contributed by atoms with Crippen LogP contribution in [-0.4, -0.2) is 47.8 Å². The smallest absolute Gasteiger partial charge is 0.374 e. The van der Waals surface area contributed by atoms with E-state index < -0.39 is 8.80 Å². The fraction of sp³-hybridized carbons (Fsp3) is 1.00. The average Bonchev–Trinajstić information content (AvgIpc) is 2.30. The predicted octanol–water partition coefficient (Wildman–Crippen LogP) is 0.972. The molecule has 0 bridgehead atoms. The van der Waals surface area contributed by atoms with Crippen LogP contribution in [0, 0.1) is 0 Å². The van der Waals surface area contributed by atoms with Gasteiger partial charge in [-0.2, -0.15) is 0 Å². The highest BCUT2D eigenvalue weighted by Gasteiger charge is 2.39. The van der Waals surface area contributed by atoms with E-state index in [-0.39, 0.29) is 0 Å². The number of hydrogen-bond donors (Lipinski definition) is 2. The normalized spacial score (nSPS) is 13.9. The minimum Gasteiger partial charge on any atom is -0.374 e. The summed E-state index contributed by atoms with van der Waals surface area (Å²) in [5.74, 6) is 0. The van der Waals surface area contributed by atoms with Crippen molar-refractivity contribution in [2.45, 2.75) is 39.8 Å². The summed E-state index contributed by atoms with van der Waals surface area (Å²) in [6.45, 7) is 11.3. The molecule has 0 saturated heterocycles. The second kappa shape index (κ2) is 9.99. The van der Waals surface area contributed by atoms with E-state index in [9.17, 15) is 0 Å². The minimum atomic E-state index is -2.48. The van der Waals surface area contributed by atoms with Crippen molar-refractivity contribution in [1.82, 2.24) is 5.32 Å². The number of nitrogens with two attached hydrogens (primary N) is 1. The van der Waals surface area contributed by atoms with Gasteiger partial charge in [0.2, 0.25) is 0 Å². The molecule has 0 fully saturated rings. The molecule has 1 atom stereocenters. The first kappa shape index (κ1) is 17.0. The van der Waals surface area contributed by atoms with Gasteiger partial charge in [0.05, 0.1) is 0 Å². The van der Waals surface area contributed by atoms with Gasteiger partial charge < -0.3 is 24.3 Å². The van der Waals surface area contributed by atoms with Crippen LogP contribution >= 0.6 is 0 Å². The van der Waals surface area contributed by atoms with Crippen LogP contribution in [0.25, 0.3) is 0 Å². The molecule has 5 nitrogen and oxygen atoms in total. The molecular formula is C11H28N2O3Si. The first-order valence-electron chi connectivity index (χ1n) is 6.49. The van der Waals surface area contributed by atoms with Crippen molar-refractivity contribution in [3.8, 4) is 0 Å². The van der Waals surface area contributed by atoms with Gasteiger partial charge in [-0.25, -0.2) is 0 Å². The molecule has 0 radical (unpaired) electrons. The van der Waals surface area contributed by atoms with Crippen LogP contribution < -0.4 is 11.1 Å². The molecule has 104 valence electrons. The second-order valence-corrected chi connectivity index (χ2v) is 6.55. The summed E-state index contributed by atoms with van der Waals surface area (Å²) in [5, 5.41) is 3.33. The molecule has 0 amide bonds. The standard InChI is InChI=1S/C11H28N2O3Si/c1-5-14-17(15-6-2,16-7-3)9-8-13-11(4)10-12/h11,13H,5-10,12H2,1-4H3. The quantitative estimate of drug-likeness (QED) is 0.544. The van der Waals surface area contributed by atoms with Gasteiger partial charge in [0.1, 0.15) is 0 Å². The van der Waals surface area contributed by atoms with Gasteiger partial charge in [-0.15, -0.1) is 0 Å². The maximum Gasteiger partial charge on any atom is 0.502 e. The molecule has 0 aromatic heterocycles. The Morgan fingerprint density at radius 1 is 1.06 bits per heavy atom. The molecule has 0 spiro atoms. The fourth-order valence-electron chi connectivity index (χ4n) is 1.56. The Balaban J connectivity index is 4.23. The van der Waals surface area contributed by atoms with Crippen molar-refractivity contribution in [3.63, 3.8) is 0 Å². The monoisotopic (exact) mass is 264 g/mol. The summed E-state index contributed by atoms with van der Waals surface area (Å²) in [4.78, 5) is 0.